The van der Waals surface area contributed by atoms with Crippen molar-refractivity contribution < 1.29 is 23.1 Å². The molecule has 7 nitrogen and oxygen atoms in total. The Morgan fingerprint density at radius 1 is 1.29 bits per heavy atom. The molecule has 0 aliphatic carbocycles. The van der Waals surface area contributed by atoms with Crippen molar-refractivity contribution in [1.82, 2.24) is 4.31 Å². The molecule has 0 bridgehead atoms. The number of rotatable bonds is 8. The van der Waals surface area contributed by atoms with Crippen LogP contribution in [0.5, 0.6) is 0 Å². The highest BCUT2D eigenvalue weighted by atomic mass is 32.2. The van der Waals surface area contributed by atoms with Crippen LogP contribution >= 0.6 is 0 Å². The molecule has 1 aromatic rings. The molecular formula is C13H20N2O5S. The molecule has 0 aliphatic rings. The van der Waals surface area contributed by atoms with Gasteiger partial charge in [-0.25, -0.2) is 8.42 Å². The number of hydrogen-bond acceptors (Lipinski definition) is 5. The molecule has 0 unspecified atom stereocenters. The average molecular weight is 316 g/mol. The molecule has 8 heteroatoms. The number of sulfonamides is 1. The van der Waals surface area contributed by atoms with E-state index in [1.807, 2.05) is 0 Å². The van der Waals surface area contributed by atoms with Gasteiger partial charge in [-0.15, -0.1) is 0 Å². The number of aliphatic hydroxyl groups is 1. The maximum absolute atomic E-state index is 12.4. The number of anilines is 1. The number of nitrogens with one attached hydrogen (secondary N) is 1. The number of hydrogen-bond donors (Lipinski definition) is 2. The van der Waals surface area contributed by atoms with Gasteiger partial charge in [-0.3, -0.25) is 4.79 Å². The van der Waals surface area contributed by atoms with Crippen molar-refractivity contribution in [3.63, 3.8) is 0 Å². The summed E-state index contributed by atoms with van der Waals surface area (Å²) < 4.78 is 30.9. The predicted octanol–water partition coefficient (Wildman–Crippen LogP) is 0.274. The van der Waals surface area contributed by atoms with Crippen molar-refractivity contribution in [2.75, 3.05) is 38.7 Å². The topological polar surface area (TPSA) is 95.9 Å². The fraction of sp³-hybridized carbons (Fsp3) is 0.462. The minimum absolute atomic E-state index is 0.000852. The lowest BCUT2D eigenvalue weighted by molar-refractivity contribution is -0.114. The standard InChI is InChI=1S/C13H20N2O5S/c1-11(17)14-12-3-5-13(6-4-12)21(18,19)15(7-9-16)8-10-20-2/h3-6,16H,7-10H2,1-2H3,(H,14,17). The molecule has 0 saturated heterocycles. The summed E-state index contributed by atoms with van der Waals surface area (Å²) in [6.45, 7) is 1.50. The zero-order chi connectivity index (χ0) is 15.9. The first-order chi connectivity index (χ1) is 9.91. The van der Waals surface area contributed by atoms with E-state index in [0.29, 0.717) is 5.69 Å². The molecule has 0 heterocycles. The normalized spacial score (nSPS) is 11.6. The Morgan fingerprint density at radius 3 is 2.38 bits per heavy atom. The van der Waals surface area contributed by atoms with E-state index in [4.69, 9.17) is 9.84 Å². The Morgan fingerprint density at radius 2 is 1.90 bits per heavy atom. The number of carbonyl (C=O) groups excluding carboxylic acids is 1. The van der Waals surface area contributed by atoms with Crippen LogP contribution in [-0.2, 0) is 19.6 Å². The van der Waals surface area contributed by atoms with E-state index in [-0.39, 0.29) is 37.1 Å². The van der Waals surface area contributed by atoms with Gasteiger partial charge >= 0.3 is 0 Å². The van der Waals surface area contributed by atoms with Crippen LogP contribution in [0.25, 0.3) is 0 Å². The molecular weight excluding hydrogens is 296 g/mol. The van der Waals surface area contributed by atoms with Gasteiger partial charge < -0.3 is 15.2 Å². The Labute approximate surface area is 124 Å². The Hall–Kier alpha value is -1.48. The Balaban J connectivity index is 2.95. The zero-order valence-electron chi connectivity index (χ0n) is 12.1. The predicted molar refractivity (Wildman–Crippen MR) is 78.5 cm³/mol. The van der Waals surface area contributed by atoms with E-state index in [0.717, 1.165) is 4.31 Å². The summed E-state index contributed by atoms with van der Waals surface area (Å²) in [5.74, 6) is -0.229. The SMILES string of the molecule is COCCN(CCO)S(=O)(=O)c1ccc(NC(C)=O)cc1. The first-order valence-corrected chi connectivity index (χ1v) is 7.83. The fourth-order valence-electron chi connectivity index (χ4n) is 1.72. The minimum atomic E-state index is -3.70. The molecule has 0 aromatic heterocycles. The molecule has 0 aliphatic heterocycles. The van der Waals surface area contributed by atoms with E-state index in [9.17, 15) is 13.2 Å². The van der Waals surface area contributed by atoms with Gasteiger partial charge in [0.15, 0.2) is 0 Å². The lowest BCUT2D eigenvalue weighted by Crippen LogP contribution is -2.36. The van der Waals surface area contributed by atoms with Crippen molar-refractivity contribution >= 4 is 21.6 Å². The lowest BCUT2D eigenvalue weighted by Gasteiger charge is -2.21. The highest BCUT2D eigenvalue weighted by Crippen LogP contribution is 2.18. The van der Waals surface area contributed by atoms with Crippen LogP contribution in [0, 0.1) is 0 Å². The Kier molecular flexibility index (Phi) is 6.76. The highest BCUT2D eigenvalue weighted by Gasteiger charge is 2.23. The van der Waals surface area contributed by atoms with Crippen molar-refractivity contribution in [2.45, 2.75) is 11.8 Å². The highest BCUT2D eigenvalue weighted by molar-refractivity contribution is 7.89. The maximum atomic E-state index is 12.4. The van der Waals surface area contributed by atoms with Crippen LogP contribution in [-0.4, -0.2) is 57.1 Å². The summed E-state index contributed by atoms with van der Waals surface area (Å²) >= 11 is 0. The second kappa shape index (κ2) is 8.08. The minimum Gasteiger partial charge on any atom is -0.395 e. The fourth-order valence-corrected chi connectivity index (χ4v) is 3.13. The summed E-state index contributed by atoms with van der Waals surface area (Å²) in [6, 6.07) is 5.86. The maximum Gasteiger partial charge on any atom is 0.243 e. The van der Waals surface area contributed by atoms with Gasteiger partial charge in [-0.2, -0.15) is 4.31 Å². The average Bonchev–Trinajstić information content (AvgIpc) is 2.43. The third kappa shape index (κ3) is 5.09. The molecule has 0 atom stereocenters. The number of benzene rings is 1. The largest absolute Gasteiger partial charge is 0.395 e. The van der Waals surface area contributed by atoms with Gasteiger partial charge in [0.25, 0.3) is 0 Å². The third-order valence-corrected chi connectivity index (χ3v) is 4.62. The molecule has 0 fully saturated rings. The lowest BCUT2D eigenvalue weighted by atomic mass is 10.3. The summed E-state index contributed by atoms with van der Waals surface area (Å²) in [5.41, 5.74) is 0.520. The number of methoxy groups -OCH3 is 1. The van der Waals surface area contributed by atoms with Gasteiger partial charge in [-0.1, -0.05) is 0 Å². The monoisotopic (exact) mass is 316 g/mol. The van der Waals surface area contributed by atoms with Crippen LogP contribution in [0.1, 0.15) is 6.92 Å². The van der Waals surface area contributed by atoms with Crippen LogP contribution in [0.2, 0.25) is 0 Å². The second-order valence-corrected chi connectivity index (χ2v) is 6.26. The van der Waals surface area contributed by atoms with E-state index in [2.05, 4.69) is 5.32 Å². The first kappa shape index (κ1) is 17.6. The van der Waals surface area contributed by atoms with Gasteiger partial charge in [0.05, 0.1) is 18.1 Å². The van der Waals surface area contributed by atoms with E-state index >= 15 is 0 Å². The van der Waals surface area contributed by atoms with Crippen molar-refractivity contribution in [2.24, 2.45) is 0 Å². The molecule has 0 radical (unpaired) electrons. The molecule has 0 saturated carbocycles. The number of amides is 1. The third-order valence-electron chi connectivity index (χ3n) is 2.71. The van der Waals surface area contributed by atoms with Crippen LogP contribution in [0.15, 0.2) is 29.2 Å². The molecule has 1 amide bonds. The molecule has 2 N–H and O–H groups in total. The van der Waals surface area contributed by atoms with E-state index in [1.54, 1.807) is 0 Å². The number of nitrogens with zero attached hydrogens (tertiary/aromatic N) is 1. The summed E-state index contributed by atoms with van der Waals surface area (Å²) in [4.78, 5) is 11.0. The molecule has 21 heavy (non-hydrogen) atoms. The van der Waals surface area contributed by atoms with E-state index < -0.39 is 10.0 Å². The van der Waals surface area contributed by atoms with Crippen molar-refractivity contribution in [3.8, 4) is 0 Å². The van der Waals surface area contributed by atoms with Crippen LogP contribution in [0.3, 0.4) is 0 Å². The first-order valence-electron chi connectivity index (χ1n) is 6.39. The van der Waals surface area contributed by atoms with Gasteiger partial charge in [0.2, 0.25) is 15.9 Å². The summed E-state index contributed by atoms with van der Waals surface area (Å²) in [6.07, 6.45) is 0. The smallest absolute Gasteiger partial charge is 0.243 e. The zero-order valence-corrected chi connectivity index (χ0v) is 12.9. The van der Waals surface area contributed by atoms with Crippen LogP contribution < -0.4 is 5.32 Å². The number of ether oxygens (including phenoxy) is 1. The van der Waals surface area contributed by atoms with Gasteiger partial charge in [0.1, 0.15) is 0 Å². The molecule has 0 spiro atoms. The Bertz CT molecular complexity index is 556. The van der Waals surface area contributed by atoms with Gasteiger partial charge in [0, 0.05) is 32.8 Å². The van der Waals surface area contributed by atoms with E-state index in [1.165, 1.54) is 38.3 Å². The summed E-state index contributed by atoms with van der Waals surface area (Å²) in [7, 11) is -2.22. The molecule has 118 valence electrons. The quantitative estimate of drug-likeness (QED) is 0.718. The van der Waals surface area contributed by atoms with Crippen molar-refractivity contribution in [3.05, 3.63) is 24.3 Å². The van der Waals surface area contributed by atoms with Crippen LogP contribution in [0.4, 0.5) is 5.69 Å². The molecule has 1 aromatic carbocycles. The van der Waals surface area contributed by atoms with Crippen molar-refractivity contribution in [1.29, 1.82) is 0 Å². The second-order valence-electron chi connectivity index (χ2n) is 4.33. The number of aliphatic hydroxyl groups excluding tert-OH is 1. The molecule has 1 rings (SSSR count). The van der Waals surface area contributed by atoms with Gasteiger partial charge in [-0.05, 0) is 24.3 Å². The number of carbonyl (C=O) groups is 1. The summed E-state index contributed by atoms with van der Waals surface area (Å²) in [5, 5.41) is 11.6.